The van der Waals surface area contributed by atoms with Crippen LogP contribution in [0.3, 0.4) is 0 Å². The molecule has 210 valence electrons. The Labute approximate surface area is 262 Å². The summed E-state index contributed by atoms with van der Waals surface area (Å²) in [5.41, 5.74) is 11.1. The lowest BCUT2D eigenvalue weighted by Crippen LogP contribution is -2.51. The van der Waals surface area contributed by atoms with Gasteiger partial charge in [0.05, 0.1) is 22.1 Å². The zero-order valence-electron chi connectivity index (χ0n) is 24.7. The van der Waals surface area contributed by atoms with Crippen LogP contribution in [0.2, 0.25) is 0 Å². The molecule has 0 saturated heterocycles. The van der Waals surface area contributed by atoms with Crippen LogP contribution in [0.15, 0.2) is 176 Å². The van der Waals surface area contributed by atoms with E-state index in [2.05, 4.69) is 185 Å². The monoisotopic (exact) mass is 572 g/mol. The second-order valence-corrected chi connectivity index (χ2v) is 11.7. The van der Waals surface area contributed by atoms with Gasteiger partial charge in [0.25, 0.3) is 0 Å². The van der Waals surface area contributed by atoms with Crippen molar-refractivity contribution >= 4 is 66.7 Å². The van der Waals surface area contributed by atoms with Gasteiger partial charge in [-0.25, -0.2) is 0 Å². The van der Waals surface area contributed by atoms with E-state index in [1.54, 1.807) is 0 Å². The van der Waals surface area contributed by atoms with Gasteiger partial charge in [-0.1, -0.05) is 156 Å². The fourth-order valence-electron chi connectivity index (χ4n) is 7.31. The Morgan fingerprint density at radius 3 is 1.31 bits per heavy atom. The van der Waals surface area contributed by atoms with Crippen LogP contribution in [-0.4, -0.2) is 15.8 Å². The quantitative estimate of drug-likeness (QED) is 0.183. The molecule has 2 nitrogen and oxygen atoms in total. The smallest absolute Gasteiger partial charge is 0.241 e. The fraction of sp³-hybridized carbons (Fsp3) is 0. The molecule has 7 aromatic carbocycles. The maximum Gasteiger partial charge on any atom is 0.241 e. The predicted molar refractivity (Wildman–Crippen MR) is 193 cm³/mol. The average Bonchev–Trinajstić information content (AvgIpc) is 3.63. The average molecular weight is 573 g/mol. The Kier molecular flexibility index (Phi) is 5.95. The van der Waals surface area contributed by atoms with Crippen molar-refractivity contribution in [1.29, 1.82) is 0 Å². The van der Waals surface area contributed by atoms with Crippen LogP contribution >= 0.6 is 0 Å². The summed E-state index contributed by atoms with van der Waals surface area (Å²) in [6.07, 6.45) is 0. The van der Waals surface area contributed by atoms with Gasteiger partial charge in [-0.15, -0.1) is 0 Å². The molecule has 0 spiro atoms. The minimum Gasteiger partial charge on any atom is -0.307 e. The maximum atomic E-state index is 2.47. The van der Waals surface area contributed by atoms with E-state index in [-0.39, 0.29) is 6.71 Å². The molecule has 2 aromatic heterocycles. The first kappa shape index (κ1) is 25.7. The minimum atomic E-state index is 0.131. The van der Waals surface area contributed by atoms with Gasteiger partial charge in [0.1, 0.15) is 0 Å². The molecule has 0 atom stereocenters. The molecule has 0 N–H and O–H groups in total. The molecule has 0 fully saturated rings. The molecule has 0 saturated carbocycles. The zero-order chi connectivity index (χ0) is 29.7. The van der Waals surface area contributed by atoms with E-state index in [1.807, 2.05) is 0 Å². The van der Waals surface area contributed by atoms with Gasteiger partial charge in [0, 0.05) is 32.9 Å². The van der Waals surface area contributed by atoms with E-state index in [0.29, 0.717) is 0 Å². The van der Waals surface area contributed by atoms with E-state index < -0.39 is 0 Å². The summed E-state index contributed by atoms with van der Waals surface area (Å²) in [5.74, 6) is 0. The number of nitrogens with zero attached hydrogens (tertiary/aromatic N) is 2. The van der Waals surface area contributed by atoms with Crippen molar-refractivity contribution in [2.24, 2.45) is 0 Å². The lowest BCUT2D eigenvalue weighted by atomic mass is 9.37. The Morgan fingerprint density at radius 1 is 0.311 bits per heavy atom. The number of hydrogen-bond acceptors (Lipinski definition) is 0. The zero-order valence-corrected chi connectivity index (χ0v) is 24.7. The largest absolute Gasteiger partial charge is 0.307 e. The van der Waals surface area contributed by atoms with Crippen LogP contribution in [0.25, 0.3) is 55.0 Å². The standard InChI is InChI=1S/C42H29BN2/c1-5-15-30(16-6-1)43(31-17-7-2-8-18-31)32-25-28-40-38(29-32)37-27-26-36-35-23-13-14-24-39(35)44(33-19-9-3-10-20-33)41(36)42(37)45(40)34-21-11-4-12-22-34/h1-29H. The fourth-order valence-corrected chi connectivity index (χ4v) is 7.31. The van der Waals surface area contributed by atoms with E-state index in [1.165, 1.54) is 60.0 Å². The number of para-hydroxylation sites is 3. The highest BCUT2D eigenvalue weighted by Crippen LogP contribution is 2.41. The van der Waals surface area contributed by atoms with Gasteiger partial charge in [-0.3, -0.25) is 0 Å². The first-order valence-corrected chi connectivity index (χ1v) is 15.6. The topological polar surface area (TPSA) is 9.86 Å². The molecule has 3 heteroatoms. The normalized spacial score (nSPS) is 11.6. The van der Waals surface area contributed by atoms with Gasteiger partial charge in [-0.2, -0.15) is 0 Å². The summed E-state index contributed by atoms with van der Waals surface area (Å²) in [6, 6.07) is 63.9. The molecule has 0 aliphatic rings. The second kappa shape index (κ2) is 10.4. The Balaban J connectivity index is 1.43. The van der Waals surface area contributed by atoms with Crippen molar-refractivity contribution in [2.45, 2.75) is 0 Å². The van der Waals surface area contributed by atoms with Crippen molar-refractivity contribution in [3.63, 3.8) is 0 Å². The van der Waals surface area contributed by atoms with E-state index in [4.69, 9.17) is 0 Å². The number of hydrogen-bond donors (Lipinski definition) is 0. The maximum absolute atomic E-state index is 2.47. The van der Waals surface area contributed by atoms with E-state index in [0.717, 1.165) is 11.4 Å². The third-order valence-corrected chi connectivity index (χ3v) is 9.21. The molecule has 9 aromatic rings. The van der Waals surface area contributed by atoms with Crippen molar-refractivity contribution in [2.75, 3.05) is 0 Å². The van der Waals surface area contributed by atoms with Crippen LogP contribution in [-0.2, 0) is 0 Å². The molecule has 2 heterocycles. The lowest BCUT2D eigenvalue weighted by Gasteiger charge is -2.16. The molecule has 0 aliphatic carbocycles. The molecule has 0 aliphatic heterocycles. The first-order chi connectivity index (χ1) is 22.4. The van der Waals surface area contributed by atoms with Gasteiger partial charge >= 0.3 is 0 Å². The van der Waals surface area contributed by atoms with Gasteiger partial charge in [0.15, 0.2) is 0 Å². The summed E-state index contributed by atoms with van der Waals surface area (Å²) in [4.78, 5) is 0. The molecule has 45 heavy (non-hydrogen) atoms. The van der Waals surface area contributed by atoms with Crippen molar-refractivity contribution in [3.8, 4) is 11.4 Å². The van der Waals surface area contributed by atoms with Gasteiger partial charge in [-0.05, 0) is 36.4 Å². The third-order valence-electron chi connectivity index (χ3n) is 9.21. The molecular weight excluding hydrogens is 543 g/mol. The molecule has 0 bridgehead atoms. The van der Waals surface area contributed by atoms with Crippen LogP contribution in [0.1, 0.15) is 0 Å². The number of rotatable bonds is 5. The molecule has 0 radical (unpaired) electrons. The van der Waals surface area contributed by atoms with Crippen LogP contribution in [0, 0.1) is 0 Å². The Bertz CT molecular complexity index is 2420. The number of fused-ring (bicyclic) bond motifs is 7. The highest BCUT2D eigenvalue weighted by molar-refractivity contribution is 6.95. The second-order valence-electron chi connectivity index (χ2n) is 11.7. The number of aromatic nitrogens is 2. The third kappa shape index (κ3) is 4.05. The minimum absolute atomic E-state index is 0.131. The van der Waals surface area contributed by atoms with Crippen molar-refractivity contribution < 1.29 is 0 Å². The highest BCUT2D eigenvalue weighted by atomic mass is 15.0. The van der Waals surface area contributed by atoms with E-state index >= 15 is 0 Å². The van der Waals surface area contributed by atoms with Crippen LogP contribution < -0.4 is 16.4 Å². The van der Waals surface area contributed by atoms with E-state index in [9.17, 15) is 0 Å². The summed E-state index contributed by atoms with van der Waals surface area (Å²) >= 11 is 0. The molecule has 9 rings (SSSR count). The number of benzene rings is 7. The Hall–Kier alpha value is -5.80. The molecule has 0 amide bonds. The summed E-state index contributed by atoms with van der Waals surface area (Å²) in [7, 11) is 0. The molecule has 0 unspecified atom stereocenters. The highest BCUT2D eigenvalue weighted by Gasteiger charge is 2.25. The first-order valence-electron chi connectivity index (χ1n) is 15.6. The summed E-state index contributed by atoms with van der Waals surface area (Å²) in [6.45, 7) is 0.131. The van der Waals surface area contributed by atoms with Crippen LogP contribution in [0.5, 0.6) is 0 Å². The van der Waals surface area contributed by atoms with Gasteiger partial charge in [0.2, 0.25) is 6.71 Å². The summed E-state index contributed by atoms with van der Waals surface area (Å²) < 4.78 is 4.91. The lowest BCUT2D eigenvalue weighted by molar-refractivity contribution is 1.15. The van der Waals surface area contributed by atoms with Crippen molar-refractivity contribution in [1.82, 2.24) is 9.13 Å². The SMILES string of the molecule is c1ccc(B(c2ccccc2)c2ccc3c(c2)c2ccc4c5ccccc5n(-c5ccccc5)c4c2n3-c2ccccc2)cc1. The summed E-state index contributed by atoms with van der Waals surface area (Å²) in [5, 5.41) is 5.03. The van der Waals surface area contributed by atoms with Crippen LogP contribution in [0.4, 0.5) is 0 Å². The van der Waals surface area contributed by atoms with Gasteiger partial charge < -0.3 is 9.13 Å². The Morgan fingerprint density at radius 2 is 0.756 bits per heavy atom. The van der Waals surface area contributed by atoms with Crippen molar-refractivity contribution in [3.05, 3.63) is 176 Å². The predicted octanol–water partition coefficient (Wildman–Crippen LogP) is 8.40. The molecular formula is C42H29BN2.